The zero-order chi connectivity index (χ0) is 6.91. The maximum absolute atomic E-state index is 10.8. The van der Waals surface area contributed by atoms with Gasteiger partial charge in [0, 0.05) is 6.20 Å². The van der Waals surface area contributed by atoms with Gasteiger partial charge in [0.25, 0.3) is 0 Å². The topological polar surface area (TPSA) is 46.2 Å². The second-order valence-electron chi connectivity index (χ2n) is 2.07. The highest BCUT2D eigenvalue weighted by Gasteiger charge is 2.34. The Morgan fingerprint density at radius 2 is 2.11 bits per heavy atom. The molecule has 0 spiro atoms. The molecule has 0 aromatic heterocycles. The normalized spacial score (nSPS) is 19.1. The minimum Gasteiger partial charge on any atom is -0.291 e. The van der Waals surface area contributed by atoms with Crippen molar-refractivity contribution in [1.29, 1.82) is 0 Å². The number of hydrogen-bond donors (Lipinski definition) is 1. The molecule has 0 saturated heterocycles. The SMILES string of the molecule is C=CNS(=O)(=O)C1CC1. The Hall–Kier alpha value is -0.510. The van der Waals surface area contributed by atoms with Crippen molar-refractivity contribution in [3.63, 3.8) is 0 Å². The first-order valence-corrected chi connectivity index (χ1v) is 4.33. The van der Waals surface area contributed by atoms with Crippen molar-refractivity contribution in [2.24, 2.45) is 0 Å². The summed E-state index contributed by atoms with van der Waals surface area (Å²) in [5.41, 5.74) is 0. The van der Waals surface area contributed by atoms with E-state index in [1.165, 1.54) is 6.20 Å². The lowest BCUT2D eigenvalue weighted by molar-refractivity contribution is 0.589. The van der Waals surface area contributed by atoms with Gasteiger partial charge in [0.05, 0.1) is 5.25 Å². The van der Waals surface area contributed by atoms with Crippen LogP contribution < -0.4 is 4.72 Å². The van der Waals surface area contributed by atoms with Crippen LogP contribution >= 0.6 is 0 Å². The van der Waals surface area contributed by atoms with Crippen LogP contribution in [-0.4, -0.2) is 13.7 Å². The average molecular weight is 147 g/mol. The number of hydrogen-bond acceptors (Lipinski definition) is 2. The third-order valence-electron chi connectivity index (χ3n) is 1.21. The Balaban J connectivity index is 2.60. The molecule has 3 nitrogen and oxygen atoms in total. The van der Waals surface area contributed by atoms with Crippen molar-refractivity contribution in [2.75, 3.05) is 0 Å². The first-order valence-electron chi connectivity index (χ1n) is 2.79. The van der Waals surface area contributed by atoms with Gasteiger partial charge in [0.1, 0.15) is 0 Å². The largest absolute Gasteiger partial charge is 0.291 e. The van der Waals surface area contributed by atoms with Gasteiger partial charge in [0.15, 0.2) is 0 Å². The smallest absolute Gasteiger partial charge is 0.235 e. The fourth-order valence-corrected chi connectivity index (χ4v) is 1.77. The summed E-state index contributed by atoms with van der Waals surface area (Å²) in [6.45, 7) is 3.27. The highest BCUT2D eigenvalue weighted by molar-refractivity contribution is 7.90. The van der Waals surface area contributed by atoms with E-state index in [1.54, 1.807) is 0 Å². The first-order chi connectivity index (χ1) is 4.17. The summed E-state index contributed by atoms with van der Waals surface area (Å²) in [5, 5.41) is -0.143. The second-order valence-corrected chi connectivity index (χ2v) is 4.06. The van der Waals surface area contributed by atoms with Gasteiger partial charge in [0.2, 0.25) is 10.0 Å². The van der Waals surface area contributed by atoms with Crippen molar-refractivity contribution in [2.45, 2.75) is 18.1 Å². The molecule has 0 radical (unpaired) electrons. The van der Waals surface area contributed by atoms with Crippen molar-refractivity contribution in [3.05, 3.63) is 12.8 Å². The van der Waals surface area contributed by atoms with Gasteiger partial charge >= 0.3 is 0 Å². The molecule has 0 aromatic carbocycles. The molecule has 0 heterocycles. The van der Waals surface area contributed by atoms with Gasteiger partial charge in [-0.05, 0) is 12.8 Å². The van der Waals surface area contributed by atoms with Gasteiger partial charge < -0.3 is 0 Å². The number of nitrogens with one attached hydrogen (secondary N) is 1. The molecule has 0 aliphatic heterocycles. The zero-order valence-corrected chi connectivity index (χ0v) is 5.82. The lowest BCUT2D eigenvalue weighted by Crippen LogP contribution is -2.21. The molecular weight excluding hydrogens is 138 g/mol. The molecule has 1 fully saturated rings. The number of rotatable bonds is 3. The molecule has 0 atom stereocenters. The number of sulfonamides is 1. The Bertz CT molecular complexity index is 203. The summed E-state index contributed by atoms with van der Waals surface area (Å²) < 4.78 is 23.8. The van der Waals surface area contributed by atoms with E-state index in [0.717, 1.165) is 12.8 Å². The highest BCUT2D eigenvalue weighted by Crippen LogP contribution is 2.27. The summed E-state index contributed by atoms with van der Waals surface area (Å²) in [4.78, 5) is 0. The van der Waals surface area contributed by atoms with Crippen LogP contribution in [0.25, 0.3) is 0 Å². The van der Waals surface area contributed by atoms with Crippen LogP contribution in [0, 0.1) is 0 Å². The lowest BCUT2D eigenvalue weighted by atomic mass is 11.0. The van der Waals surface area contributed by atoms with Crippen LogP contribution in [0.15, 0.2) is 12.8 Å². The fraction of sp³-hybridized carbons (Fsp3) is 0.600. The van der Waals surface area contributed by atoms with Crippen LogP contribution in [0.3, 0.4) is 0 Å². The second kappa shape index (κ2) is 2.02. The summed E-state index contributed by atoms with van der Waals surface area (Å²) in [7, 11) is -3.01. The minimum absolute atomic E-state index is 0.143. The van der Waals surface area contributed by atoms with E-state index in [2.05, 4.69) is 11.3 Å². The van der Waals surface area contributed by atoms with Crippen LogP contribution in [0.4, 0.5) is 0 Å². The molecule has 0 aromatic rings. The van der Waals surface area contributed by atoms with E-state index in [9.17, 15) is 8.42 Å². The molecule has 1 aliphatic rings. The van der Waals surface area contributed by atoms with E-state index in [-0.39, 0.29) is 5.25 Å². The molecule has 1 rings (SSSR count). The predicted molar refractivity (Wildman–Crippen MR) is 35.3 cm³/mol. The standard InChI is InChI=1S/C5H9NO2S/c1-2-6-9(7,8)5-3-4-5/h2,5-6H,1,3-4H2. The molecule has 9 heavy (non-hydrogen) atoms. The van der Waals surface area contributed by atoms with E-state index in [4.69, 9.17) is 0 Å². The predicted octanol–water partition coefficient (Wildman–Crippen LogP) is 0.212. The third kappa shape index (κ3) is 1.45. The quantitative estimate of drug-likeness (QED) is 0.620. The van der Waals surface area contributed by atoms with Gasteiger partial charge in [-0.25, -0.2) is 8.42 Å². The Labute approximate surface area is 54.8 Å². The zero-order valence-electron chi connectivity index (χ0n) is 5.00. The van der Waals surface area contributed by atoms with Crippen LogP contribution in [0.1, 0.15) is 12.8 Å². The van der Waals surface area contributed by atoms with Crippen molar-refractivity contribution in [1.82, 2.24) is 4.72 Å². The van der Waals surface area contributed by atoms with Crippen LogP contribution in [0.5, 0.6) is 0 Å². The Kier molecular flexibility index (Phi) is 1.48. The fourth-order valence-electron chi connectivity index (χ4n) is 0.591. The van der Waals surface area contributed by atoms with Gasteiger partial charge in [-0.3, -0.25) is 4.72 Å². The maximum Gasteiger partial charge on any atom is 0.235 e. The molecule has 0 unspecified atom stereocenters. The van der Waals surface area contributed by atoms with Crippen molar-refractivity contribution in [3.8, 4) is 0 Å². The molecule has 0 bridgehead atoms. The molecular formula is C5H9NO2S. The molecule has 1 aliphatic carbocycles. The van der Waals surface area contributed by atoms with Crippen molar-refractivity contribution >= 4 is 10.0 Å². The molecule has 0 amide bonds. The lowest BCUT2D eigenvalue weighted by Gasteiger charge is -1.97. The van der Waals surface area contributed by atoms with E-state index in [1.807, 2.05) is 0 Å². The average Bonchev–Trinajstić information content (AvgIpc) is 2.41. The van der Waals surface area contributed by atoms with Crippen LogP contribution in [0.2, 0.25) is 0 Å². The highest BCUT2D eigenvalue weighted by atomic mass is 32.2. The summed E-state index contributed by atoms with van der Waals surface area (Å²) in [6.07, 6.45) is 2.79. The molecule has 4 heteroatoms. The van der Waals surface area contributed by atoms with Gasteiger partial charge in [-0.1, -0.05) is 6.58 Å². The minimum atomic E-state index is -3.01. The summed E-state index contributed by atoms with van der Waals surface area (Å²) >= 11 is 0. The molecule has 52 valence electrons. The van der Waals surface area contributed by atoms with Crippen molar-refractivity contribution < 1.29 is 8.42 Å². The van der Waals surface area contributed by atoms with E-state index in [0.29, 0.717) is 0 Å². The van der Waals surface area contributed by atoms with Gasteiger partial charge in [-0.15, -0.1) is 0 Å². The monoisotopic (exact) mass is 147 g/mol. The van der Waals surface area contributed by atoms with E-state index >= 15 is 0 Å². The summed E-state index contributed by atoms with van der Waals surface area (Å²) in [5.74, 6) is 0. The molecule has 1 N–H and O–H groups in total. The molecule has 1 saturated carbocycles. The Morgan fingerprint density at radius 1 is 1.56 bits per heavy atom. The Morgan fingerprint density at radius 3 is 2.44 bits per heavy atom. The maximum atomic E-state index is 10.8. The third-order valence-corrected chi connectivity index (χ3v) is 3.06. The van der Waals surface area contributed by atoms with Crippen LogP contribution in [-0.2, 0) is 10.0 Å². The first kappa shape index (κ1) is 6.61. The summed E-state index contributed by atoms with van der Waals surface area (Å²) in [6, 6.07) is 0. The van der Waals surface area contributed by atoms with Gasteiger partial charge in [-0.2, -0.15) is 0 Å². The van der Waals surface area contributed by atoms with E-state index < -0.39 is 10.0 Å².